The molecule has 2 rings (SSSR count). The van der Waals surface area contributed by atoms with Crippen LogP contribution in [0.15, 0.2) is 23.1 Å². The van der Waals surface area contributed by atoms with Gasteiger partial charge in [0.1, 0.15) is 6.61 Å². The van der Waals surface area contributed by atoms with E-state index in [0.717, 1.165) is 23.6 Å². The average molecular weight is 391 g/mol. The van der Waals surface area contributed by atoms with Crippen molar-refractivity contribution in [3.05, 3.63) is 49.3 Å². The third-order valence-electron chi connectivity index (χ3n) is 2.83. The quantitative estimate of drug-likeness (QED) is 0.788. The zero-order chi connectivity index (χ0) is 18.6. The van der Waals surface area contributed by atoms with E-state index in [0.29, 0.717) is 9.44 Å². The zero-order valence-electron chi connectivity index (χ0n) is 12.4. The lowest BCUT2D eigenvalue weighted by Gasteiger charge is -2.09. The highest BCUT2D eigenvalue weighted by Gasteiger charge is 2.16. The summed E-state index contributed by atoms with van der Waals surface area (Å²) in [7, 11) is 0. The molecule has 0 bridgehead atoms. The van der Waals surface area contributed by atoms with E-state index >= 15 is 0 Å². The molecule has 0 unspecified atom stereocenters. The monoisotopic (exact) mass is 390 g/mol. The molecule has 0 aromatic carbocycles. The summed E-state index contributed by atoms with van der Waals surface area (Å²) < 4.78 is 38.9. The van der Waals surface area contributed by atoms with Crippen LogP contribution in [-0.4, -0.2) is 28.6 Å². The second-order valence-electron chi connectivity index (χ2n) is 4.63. The summed E-state index contributed by atoms with van der Waals surface area (Å²) in [6.45, 7) is -1.37. The van der Waals surface area contributed by atoms with Gasteiger partial charge < -0.3 is 15.0 Å². The maximum Gasteiger partial charge on any atom is 0.286 e. The second-order valence-corrected chi connectivity index (χ2v) is 6.09. The minimum absolute atomic E-state index is 0.138. The fourth-order valence-corrected chi connectivity index (χ4v) is 2.99. The van der Waals surface area contributed by atoms with Gasteiger partial charge in [0.05, 0.1) is 27.0 Å². The Balaban J connectivity index is 2.26. The molecule has 132 valence electrons. The van der Waals surface area contributed by atoms with Gasteiger partial charge in [0, 0.05) is 12.3 Å². The van der Waals surface area contributed by atoms with Crippen molar-refractivity contribution in [3.8, 4) is 11.8 Å². The Kier molecular flexibility index (Phi) is 6.25. The number of pyridine rings is 1. The van der Waals surface area contributed by atoms with Gasteiger partial charge in [-0.2, -0.15) is 0 Å². The minimum Gasteiger partial charge on any atom is -0.384 e. The standard InChI is InChI=1S/C15H10ClF3N2O3S/c16-9-5-12(25-11(9)2-1-3-22)14(23)20-8-4-10(17)15(24)21(6-8)7-13(18)19/h4-6,13,22H,3,7H2,(H,20,23). The number of amides is 1. The molecule has 0 spiro atoms. The van der Waals surface area contributed by atoms with E-state index in [-0.39, 0.29) is 22.2 Å². The first-order valence-electron chi connectivity index (χ1n) is 6.70. The van der Waals surface area contributed by atoms with E-state index < -0.39 is 30.3 Å². The number of rotatable bonds is 4. The molecule has 1 amide bonds. The SMILES string of the molecule is O=C(Nc1cc(F)c(=O)n(CC(F)F)c1)c1cc(Cl)c(C#CCO)s1. The van der Waals surface area contributed by atoms with Gasteiger partial charge in [-0.05, 0) is 6.07 Å². The van der Waals surface area contributed by atoms with Crippen molar-refractivity contribution < 1.29 is 23.1 Å². The van der Waals surface area contributed by atoms with E-state index in [1.807, 2.05) is 0 Å². The molecule has 2 aromatic heterocycles. The Bertz CT molecular complexity index is 915. The highest BCUT2D eigenvalue weighted by molar-refractivity contribution is 7.15. The van der Waals surface area contributed by atoms with E-state index in [2.05, 4.69) is 17.2 Å². The number of carbonyl (C=O) groups excluding carboxylic acids is 1. The number of aromatic nitrogens is 1. The third kappa shape index (κ3) is 4.85. The van der Waals surface area contributed by atoms with Crippen molar-refractivity contribution in [1.29, 1.82) is 0 Å². The lowest BCUT2D eigenvalue weighted by Crippen LogP contribution is -2.26. The van der Waals surface area contributed by atoms with Crippen molar-refractivity contribution >= 4 is 34.5 Å². The summed E-state index contributed by atoms with van der Waals surface area (Å²) in [5.74, 6) is 3.01. The topological polar surface area (TPSA) is 71.3 Å². The number of thiophene rings is 1. The number of aliphatic hydroxyl groups excluding tert-OH is 1. The molecule has 2 aromatic rings. The van der Waals surface area contributed by atoms with Gasteiger partial charge in [0.25, 0.3) is 17.9 Å². The Hall–Kier alpha value is -2.28. The van der Waals surface area contributed by atoms with Crippen molar-refractivity contribution in [2.24, 2.45) is 0 Å². The van der Waals surface area contributed by atoms with Crippen LogP contribution in [0.1, 0.15) is 14.5 Å². The Morgan fingerprint density at radius 3 is 2.80 bits per heavy atom. The molecule has 25 heavy (non-hydrogen) atoms. The van der Waals surface area contributed by atoms with Gasteiger partial charge in [-0.25, -0.2) is 13.2 Å². The Morgan fingerprint density at radius 2 is 2.16 bits per heavy atom. The second kappa shape index (κ2) is 8.20. The van der Waals surface area contributed by atoms with Gasteiger partial charge in [0.2, 0.25) is 0 Å². The summed E-state index contributed by atoms with van der Waals surface area (Å²) in [6, 6.07) is 2.07. The number of aliphatic hydroxyl groups is 1. The lowest BCUT2D eigenvalue weighted by atomic mass is 10.3. The van der Waals surface area contributed by atoms with Crippen LogP contribution in [0, 0.1) is 17.7 Å². The summed E-state index contributed by atoms with van der Waals surface area (Å²) in [5.41, 5.74) is -1.37. The van der Waals surface area contributed by atoms with Crippen molar-refractivity contribution in [2.45, 2.75) is 13.0 Å². The maximum atomic E-state index is 13.6. The molecule has 0 saturated carbocycles. The number of hydrogen-bond acceptors (Lipinski definition) is 4. The number of hydrogen-bond donors (Lipinski definition) is 2. The number of halogens is 4. The van der Waals surface area contributed by atoms with Crippen molar-refractivity contribution in [1.82, 2.24) is 4.57 Å². The van der Waals surface area contributed by atoms with E-state index in [9.17, 15) is 22.8 Å². The van der Waals surface area contributed by atoms with Gasteiger partial charge in [-0.15, -0.1) is 11.3 Å². The van der Waals surface area contributed by atoms with Gasteiger partial charge in [-0.1, -0.05) is 23.4 Å². The number of nitrogens with one attached hydrogen (secondary N) is 1. The summed E-state index contributed by atoms with van der Waals surface area (Å²) in [5, 5.41) is 11.2. The van der Waals surface area contributed by atoms with Crippen LogP contribution in [0.5, 0.6) is 0 Å². The summed E-state index contributed by atoms with van der Waals surface area (Å²) >= 11 is 6.85. The molecule has 0 atom stereocenters. The molecular weight excluding hydrogens is 381 g/mol. The normalized spacial score (nSPS) is 10.5. The minimum atomic E-state index is -2.85. The van der Waals surface area contributed by atoms with Crippen molar-refractivity contribution in [2.75, 3.05) is 11.9 Å². The molecule has 0 saturated heterocycles. The van der Waals surface area contributed by atoms with Gasteiger partial charge in [-0.3, -0.25) is 9.59 Å². The molecule has 0 aliphatic carbocycles. The first-order valence-corrected chi connectivity index (χ1v) is 7.89. The number of nitrogens with zero attached hydrogens (tertiary/aromatic N) is 1. The van der Waals surface area contributed by atoms with Crippen molar-refractivity contribution in [3.63, 3.8) is 0 Å². The first-order chi connectivity index (χ1) is 11.8. The van der Waals surface area contributed by atoms with E-state index in [4.69, 9.17) is 16.7 Å². The fraction of sp³-hybridized carbons (Fsp3) is 0.200. The van der Waals surface area contributed by atoms with Crippen LogP contribution in [-0.2, 0) is 6.54 Å². The van der Waals surface area contributed by atoms with Gasteiger partial charge >= 0.3 is 0 Å². The van der Waals surface area contributed by atoms with Crippen LogP contribution < -0.4 is 10.9 Å². The molecule has 5 nitrogen and oxygen atoms in total. The fourth-order valence-electron chi connectivity index (χ4n) is 1.83. The first kappa shape index (κ1) is 19.1. The predicted octanol–water partition coefficient (Wildman–Crippen LogP) is 2.56. The number of anilines is 1. The molecule has 2 N–H and O–H groups in total. The molecule has 10 heteroatoms. The maximum absolute atomic E-state index is 13.6. The summed E-state index contributed by atoms with van der Waals surface area (Å²) in [6.07, 6.45) is -1.93. The van der Waals surface area contributed by atoms with Crippen LogP contribution in [0.4, 0.5) is 18.9 Å². The van der Waals surface area contributed by atoms with Crippen LogP contribution >= 0.6 is 22.9 Å². The Labute approximate surface area is 148 Å². The van der Waals surface area contributed by atoms with Crippen LogP contribution in [0.25, 0.3) is 0 Å². The van der Waals surface area contributed by atoms with Crippen LogP contribution in [0.3, 0.4) is 0 Å². The summed E-state index contributed by atoms with van der Waals surface area (Å²) in [4.78, 5) is 24.1. The van der Waals surface area contributed by atoms with Crippen LogP contribution in [0.2, 0.25) is 5.02 Å². The number of carbonyl (C=O) groups is 1. The molecule has 0 aliphatic heterocycles. The smallest absolute Gasteiger partial charge is 0.286 e. The third-order valence-corrected chi connectivity index (χ3v) is 4.29. The molecule has 2 heterocycles. The molecule has 0 fully saturated rings. The van der Waals surface area contributed by atoms with E-state index in [1.165, 1.54) is 6.07 Å². The average Bonchev–Trinajstić information content (AvgIpc) is 2.90. The Morgan fingerprint density at radius 1 is 1.44 bits per heavy atom. The lowest BCUT2D eigenvalue weighted by molar-refractivity contribution is 0.103. The molecule has 0 radical (unpaired) electrons. The zero-order valence-corrected chi connectivity index (χ0v) is 13.9. The highest BCUT2D eigenvalue weighted by atomic mass is 35.5. The highest BCUT2D eigenvalue weighted by Crippen LogP contribution is 2.27. The number of alkyl halides is 2. The van der Waals surface area contributed by atoms with E-state index in [1.54, 1.807) is 0 Å². The largest absolute Gasteiger partial charge is 0.384 e. The predicted molar refractivity (Wildman–Crippen MR) is 87.9 cm³/mol. The molecule has 0 aliphatic rings. The molecular formula is C15H10ClF3N2O3S. The van der Waals surface area contributed by atoms with Gasteiger partial charge in [0.15, 0.2) is 5.82 Å².